The van der Waals surface area contributed by atoms with E-state index in [-0.39, 0.29) is 6.04 Å². The summed E-state index contributed by atoms with van der Waals surface area (Å²) in [6, 6.07) is 8.17. The fourth-order valence-electron chi connectivity index (χ4n) is 3.38. The van der Waals surface area contributed by atoms with E-state index in [1.807, 2.05) is 60.0 Å². The Morgan fingerprint density at radius 3 is 3.04 bits per heavy atom. The van der Waals surface area contributed by atoms with Crippen LogP contribution in [0.2, 0.25) is 0 Å². The number of thiazole rings is 1. The van der Waals surface area contributed by atoms with Gasteiger partial charge in [0.05, 0.1) is 24.5 Å². The third-order valence-corrected chi connectivity index (χ3v) is 5.36. The summed E-state index contributed by atoms with van der Waals surface area (Å²) in [7, 11) is 1.92. The van der Waals surface area contributed by atoms with Crippen LogP contribution in [0, 0.1) is 0 Å². The Labute approximate surface area is 165 Å². The van der Waals surface area contributed by atoms with Gasteiger partial charge in [0, 0.05) is 47.8 Å². The van der Waals surface area contributed by atoms with Crippen LogP contribution in [0.15, 0.2) is 64.4 Å². The van der Waals surface area contributed by atoms with Crippen LogP contribution in [0.25, 0.3) is 11.3 Å². The van der Waals surface area contributed by atoms with Gasteiger partial charge in [-0.2, -0.15) is 5.10 Å². The lowest BCUT2D eigenvalue weighted by molar-refractivity contribution is 0.458. The summed E-state index contributed by atoms with van der Waals surface area (Å²) < 4.78 is 1.81. The van der Waals surface area contributed by atoms with Gasteiger partial charge in [0.25, 0.3) is 0 Å². The second kappa shape index (κ2) is 6.61. The molecule has 2 aliphatic heterocycles. The molecule has 0 saturated carbocycles. The van der Waals surface area contributed by atoms with Crippen molar-refractivity contribution in [3.63, 3.8) is 0 Å². The van der Waals surface area contributed by atoms with Crippen molar-refractivity contribution in [1.82, 2.24) is 19.7 Å². The molecule has 9 heteroatoms. The lowest BCUT2D eigenvalue weighted by Gasteiger charge is -2.26. The van der Waals surface area contributed by atoms with Crippen LogP contribution < -0.4 is 11.1 Å². The number of anilines is 2. The highest BCUT2D eigenvalue weighted by atomic mass is 32.1. The Kier molecular flexibility index (Phi) is 3.94. The Morgan fingerprint density at radius 2 is 2.25 bits per heavy atom. The van der Waals surface area contributed by atoms with Crippen LogP contribution in [0.3, 0.4) is 0 Å². The molecule has 3 N–H and O–H groups in total. The minimum absolute atomic E-state index is 0.136. The maximum atomic E-state index is 5.76. The number of nitrogens with two attached hydrogens (primary N) is 1. The molecule has 0 amide bonds. The van der Waals surface area contributed by atoms with Gasteiger partial charge in [-0.05, 0) is 12.1 Å². The van der Waals surface area contributed by atoms with Gasteiger partial charge in [0.2, 0.25) is 0 Å². The van der Waals surface area contributed by atoms with Gasteiger partial charge in [0.1, 0.15) is 0 Å². The van der Waals surface area contributed by atoms with Crippen molar-refractivity contribution in [1.29, 1.82) is 0 Å². The third-order valence-electron chi connectivity index (χ3n) is 4.69. The molecular weight excluding hydrogens is 372 g/mol. The first kappa shape index (κ1) is 16.7. The number of benzene rings is 1. The number of amidine groups is 2. The average Bonchev–Trinajstić information content (AvgIpc) is 3.42. The Morgan fingerprint density at radius 1 is 1.32 bits per heavy atom. The van der Waals surface area contributed by atoms with E-state index in [0.29, 0.717) is 11.7 Å². The Hall–Kier alpha value is -3.46. The number of aromatic nitrogens is 3. The molecule has 0 aliphatic carbocycles. The van der Waals surface area contributed by atoms with Crippen LogP contribution in [-0.2, 0) is 7.05 Å². The fraction of sp³-hybridized carbons (Fsp3) is 0.158. The fourth-order valence-corrected chi connectivity index (χ4v) is 3.95. The molecule has 28 heavy (non-hydrogen) atoms. The van der Waals surface area contributed by atoms with Crippen LogP contribution in [0.5, 0.6) is 0 Å². The van der Waals surface area contributed by atoms with E-state index in [9.17, 15) is 0 Å². The van der Waals surface area contributed by atoms with Gasteiger partial charge in [-0.25, -0.2) is 9.98 Å². The average molecular weight is 390 g/mol. The van der Waals surface area contributed by atoms with Gasteiger partial charge < -0.3 is 16.0 Å². The van der Waals surface area contributed by atoms with Crippen molar-refractivity contribution in [3.05, 3.63) is 60.0 Å². The topological polar surface area (TPSA) is 96.7 Å². The molecular formula is C19H18N8S. The predicted octanol–water partition coefficient (Wildman–Crippen LogP) is 2.88. The number of hydrogen-bond acceptors (Lipinski definition) is 8. The molecule has 5 rings (SSSR count). The summed E-state index contributed by atoms with van der Waals surface area (Å²) in [4.78, 5) is 15.7. The van der Waals surface area contributed by atoms with E-state index in [1.54, 1.807) is 6.20 Å². The summed E-state index contributed by atoms with van der Waals surface area (Å²) in [6.45, 7) is 0.671. The minimum atomic E-state index is 0.136. The first-order chi connectivity index (χ1) is 13.7. The van der Waals surface area contributed by atoms with E-state index in [0.717, 1.165) is 34.2 Å². The first-order valence-electron chi connectivity index (χ1n) is 8.82. The second-order valence-corrected chi connectivity index (χ2v) is 7.48. The summed E-state index contributed by atoms with van der Waals surface area (Å²) in [5.41, 5.74) is 9.69. The molecule has 0 saturated heterocycles. The van der Waals surface area contributed by atoms with Gasteiger partial charge in [-0.3, -0.25) is 9.67 Å². The van der Waals surface area contributed by atoms with Crippen molar-refractivity contribution in [2.24, 2.45) is 17.0 Å². The maximum Gasteiger partial charge on any atom is 0.180 e. The van der Waals surface area contributed by atoms with E-state index >= 15 is 0 Å². The standard InChI is InChI=1S/C19H18N8S/c1-26-10-13(8-23-26)16-9-22-18-17(21-5-6-27(16)18)24-14-4-2-3-12(7-14)15-11-28-19(20)25-15/h2-8,10-11,16H,9H2,1H3,(H2,20,25)(H,21,24). The highest BCUT2D eigenvalue weighted by molar-refractivity contribution is 7.13. The molecule has 2 aliphatic rings. The number of nitrogens with one attached hydrogen (secondary N) is 1. The molecule has 8 nitrogen and oxygen atoms in total. The number of aryl methyl sites for hydroxylation is 1. The molecule has 1 atom stereocenters. The summed E-state index contributed by atoms with van der Waals surface area (Å²) >= 11 is 1.43. The van der Waals surface area contributed by atoms with Gasteiger partial charge in [-0.1, -0.05) is 12.1 Å². The maximum absolute atomic E-state index is 5.76. The lowest BCUT2D eigenvalue weighted by atomic mass is 10.1. The van der Waals surface area contributed by atoms with E-state index < -0.39 is 0 Å². The number of aliphatic imine (C=N–C) groups is 2. The molecule has 0 bridgehead atoms. The number of hydrogen-bond donors (Lipinski definition) is 2. The SMILES string of the molecule is Cn1cc(C2CN=C3C(Nc4cccc(-c5csc(N)n5)c4)=NC=CN32)cn1. The second-order valence-electron chi connectivity index (χ2n) is 6.59. The van der Waals surface area contributed by atoms with Crippen molar-refractivity contribution < 1.29 is 0 Å². The summed E-state index contributed by atoms with van der Waals surface area (Å²) in [5.74, 6) is 1.56. The smallest absolute Gasteiger partial charge is 0.180 e. The molecule has 2 aromatic heterocycles. The van der Waals surface area contributed by atoms with Crippen molar-refractivity contribution >= 4 is 33.8 Å². The Balaban J connectivity index is 1.38. The van der Waals surface area contributed by atoms with Crippen LogP contribution in [-0.4, -0.2) is 37.9 Å². The summed E-state index contributed by atoms with van der Waals surface area (Å²) in [6.07, 6.45) is 7.67. The highest BCUT2D eigenvalue weighted by Crippen LogP contribution is 2.30. The molecule has 0 radical (unpaired) electrons. The van der Waals surface area contributed by atoms with Gasteiger partial charge in [0.15, 0.2) is 16.8 Å². The van der Waals surface area contributed by atoms with Crippen LogP contribution >= 0.6 is 11.3 Å². The first-order valence-corrected chi connectivity index (χ1v) is 9.70. The predicted molar refractivity (Wildman–Crippen MR) is 112 cm³/mol. The Bertz CT molecular complexity index is 1120. The molecule has 0 spiro atoms. The molecule has 1 aromatic carbocycles. The monoisotopic (exact) mass is 390 g/mol. The normalized spacial score (nSPS) is 18.0. The molecule has 1 unspecified atom stereocenters. The van der Waals surface area contributed by atoms with Crippen molar-refractivity contribution in [2.45, 2.75) is 6.04 Å². The molecule has 140 valence electrons. The van der Waals surface area contributed by atoms with Gasteiger partial charge in [-0.15, -0.1) is 11.3 Å². The summed E-state index contributed by atoms with van der Waals surface area (Å²) in [5, 5.41) is 10.2. The van der Waals surface area contributed by atoms with E-state index in [4.69, 9.17) is 10.7 Å². The molecule has 4 heterocycles. The number of nitrogen functional groups attached to an aromatic ring is 1. The third kappa shape index (κ3) is 2.95. The van der Waals surface area contributed by atoms with E-state index in [2.05, 4.69) is 25.3 Å². The van der Waals surface area contributed by atoms with Crippen molar-refractivity contribution in [3.8, 4) is 11.3 Å². The van der Waals surface area contributed by atoms with Crippen LogP contribution in [0.4, 0.5) is 10.8 Å². The van der Waals surface area contributed by atoms with Gasteiger partial charge >= 0.3 is 0 Å². The number of nitrogens with zero attached hydrogens (tertiary/aromatic N) is 6. The van der Waals surface area contributed by atoms with E-state index in [1.165, 1.54) is 11.3 Å². The molecule has 3 aromatic rings. The lowest BCUT2D eigenvalue weighted by Crippen LogP contribution is -2.37. The zero-order chi connectivity index (χ0) is 19.1. The minimum Gasteiger partial charge on any atom is -0.375 e. The van der Waals surface area contributed by atoms with Crippen LogP contribution in [0.1, 0.15) is 11.6 Å². The number of rotatable bonds is 3. The zero-order valence-corrected chi connectivity index (χ0v) is 16.0. The number of fused-ring (bicyclic) bond motifs is 1. The largest absolute Gasteiger partial charge is 0.375 e. The molecule has 0 fully saturated rings. The quantitative estimate of drug-likeness (QED) is 0.717. The van der Waals surface area contributed by atoms with Crippen molar-refractivity contribution in [2.75, 3.05) is 17.6 Å². The highest BCUT2D eigenvalue weighted by Gasteiger charge is 2.32. The zero-order valence-electron chi connectivity index (χ0n) is 15.1.